The van der Waals surface area contributed by atoms with Gasteiger partial charge in [0.1, 0.15) is 5.57 Å². The Morgan fingerprint density at radius 3 is 2.71 bits per heavy atom. The van der Waals surface area contributed by atoms with Crippen molar-refractivity contribution in [2.45, 2.75) is 6.92 Å². The molecular formula is C19H16N2O2S. The van der Waals surface area contributed by atoms with Crippen molar-refractivity contribution in [1.82, 2.24) is 10.2 Å². The number of hydrogen-bond donors (Lipinski definition) is 1. The summed E-state index contributed by atoms with van der Waals surface area (Å²) in [6, 6.07) is 11.9. The molecule has 1 fully saturated rings. The quantitative estimate of drug-likeness (QED) is 0.406. The van der Waals surface area contributed by atoms with Crippen LogP contribution in [-0.4, -0.2) is 28.4 Å². The highest BCUT2D eigenvalue weighted by Crippen LogP contribution is 2.25. The zero-order valence-corrected chi connectivity index (χ0v) is 14.0. The van der Waals surface area contributed by atoms with Crippen molar-refractivity contribution in [2.24, 2.45) is 0 Å². The van der Waals surface area contributed by atoms with E-state index in [1.54, 1.807) is 12.2 Å². The average molecular weight is 336 g/mol. The Morgan fingerprint density at radius 2 is 1.96 bits per heavy atom. The smallest absolute Gasteiger partial charge is 0.265 e. The zero-order chi connectivity index (χ0) is 17.3. The van der Waals surface area contributed by atoms with Crippen LogP contribution in [0.2, 0.25) is 0 Å². The predicted molar refractivity (Wildman–Crippen MR) is 99.3 cm³/mol. The van der Waals surface area contributed by atoms with Crippen LogP contribution in [0.5, 0.6) is 0 Å². The van der Waals surface area contributed by atoms with Gasteiger partial charge in [-0.2, -0.15) is 0 Å². The number of aryl methyl sites for hydroxylation is 1. The largest absolute Gasteiger partial charge is 0.298 e. The topological polar surface area (TPSA) is 49.4 Å². The third-order valence-electron chi connectivity index (χ3n) is 3.97. The van der Waals surface area contributed by atoms with E-state index in [0.29, 0.717) is 0 Å². The van der Waals surface area contributed by atoms with E-state index in [1.165, 1.54) is 4.90 Å². The van der Waals surface area contributed by atoms with Gasteiger partial charge in [0.2, 0.25) is 0 Å². The van der Waals surface area contributed by atoms with Crippen molar-refractivity contribution in [3.8, 4) is 0 Å². The summed E-state index contributed by atoms with van der Waals surface area (Å²) in [7, 11) is 0. The third kappa shape index (κ3) is 2.74. The number of rotatable bonds is 3. The summed E-state index contributed by atoms with van der Waals surface area (Å²) in [6.45, 7) is 5.83. The monoisotopic (exact) mass is 336 g/mol. The molecule has 24 heavy (non-hydrogen) atoms. The highest BCUT2D eigenvalue weighted by atomic mass is 32.1. The number of fused-ring (bicyclic) bond motifs is 1. The fraction of sp³-hybridized carbons (Fsp3) is 0.105. The lowest BCUT2D eigenvalue weighted by Gasteiger charge is -2.28. The van der Waals surface area contributed by atoms with E-state index in [2.05, 4.69) is 11.9 Å². The van der Waals surface area contributed by atoms with E-state index in [0.717, 1.165) is 21.9 Å². The first-order valence-corrected chi connectivity index (χ1v) is 7.92. The van der Waals surface area contributed by atoms with Crippen LogP contribution < -0.4 is 5.32 Å². The lowest BCUT2D eigenvalue weighted by molar-refractivity contribution is -0.128. The van der Waals surface area contributed by atoms with E-state index < -0.39 is 11.8 Å². The number of hydrogen-bond acceptors (Lipinski definition) is 3. The molecule has 2 aromatic carbocycles. The summed E-state index contributed by atoms with van der Waals surface area (Å²) in [5.74, 6) is -0.881. The molecule has 3 rings (SSSR count). The van der Waals surface area contributed by atoms with Crippen molar-refractivity contribution in [3.63, 3.8) is 0 Å². The molecule has 2 aromatic rings. The number of nitrogens with zero attached hydrogens (tertiary/aromatic N) is 1. The highest BCUT2D eigenvalue weighted by Gasteiger charge is 2.32. The normalized spacial score (nSPS) is 16.6. The second-order valence-corrected chi connectivity index (χ2v) is 5.93. The van der Waals surface area contributed by atoms with E-state index >= 15 is 0 Å². The molecule has 4 nitrogen and oxygen atoms in total. The summed E-state index contributed by atoms with van der Waals surface area (Å²) < 4.78 is 0. The van der Waals surface area contributed by atoms with E-state index in [-0.39, 0.29) is 17.2 Å². The van der Waals surface area contributed by atoms with Gasteiger partial charge in [-0.15, -0.1) is 6.58 Å². The minimum atomic E-state index is -0.474. The van der Waals surface area contributed by atoms with Crippen molar-refractivity contribution in [1.29, 1.82) is 0 Å². The summed E-state index contributed by atoms with van der Waals surface area (Å²) in [4.78, 5) is 26.3. The Kier molecular flexibility index (Phi) is 4.27. The molecule has 120 valence electrons. The van der Waals surface area contributed by atoms with Crippen molar-refractivity contribution >= 4 is 46.0 Å². The van der Waals surface area contributed by atoms with Gasteiger partial charge in [-0.05, 0) is 47.1 Å². The molecule has 0 unspecified atom stereocenters. The molecule has 1 heterocycles. The number of nitrogens with one attached hydrogen (secondary N) is 1. The molecule has 0 aliphatic carbocycles. The van der Waals surface area contributed by atoms with Crippen LogP contribution >= 0.6 is 12.2 Å². The molecule has 0 aromatic heterocycles. The molecule has 1 N–H and O–H groups in total. The molecule has 0 spiro atoms. The Hall–Kier alpha value is -2.79. The predicted octanol–water partition coefficient (Wildman–Crippen LogP) is 2.96. The van der Waals surface area contributed by atoms with Crippen LogP contribution in [0.25, 0.3) is 16.8 Å². The molecule has 1 aliphatic heterocycles. The standard InChI is InChI=1S/C19H16N2O2S/c1-3-10-21-18(23)16(17(22)20-19(21)24)11-15-12(2)8-9-13-6-4-5-7-14(13)15/h3-9,11H,1,10H2,2H3,(H,20,22,24). The maximum absolute atomic E-state index is 12.6. The maximum Gasteiger partial charge on any atom is 0.265 e. The number of thiocarbonyl (C=S) groups is 1. The van der Waals surface area contributed by atoms with E-state index in [1.807, 2.05) is 43.3 Å². The first-order valence-electron chi connectivity index (χ1n) is 7.51. The van der Waals surface area contributed by atoms with Crippen LogP contribution in [0.3, 0.4) is 0 Å². The molecule has 0 radical (unpaired) electrons. The number of carbonyl (C=O) groups excluding carboxylic acids is 2. The maximum atomic E-state index is 12.6. The minimum Gasteiger partial charge on any atom is -0.298 e. The Balaban J connectivity index is 2.15. The SMILES string of the molecule is C=CCN1C(=O)C(=Cc2c(C)ccc3ccccc23)C(=O)NC1=S. The average Bonchev–Trinajstić information content (AvgIpc) is 2.57. The fourth-order valence-corrected chi connectivity index (χ4v) is 2.98. The van der Waals surface area contributed by atoms with E-state index in [9.17, 15) is 9.59 Å². The molecule has 1 saturated heterocycles. The van der Waals surface area contributed by atoms with Crippen LogP contribution in [0.4, 0.5) is 0 Å². The minimum absolute atomic E-state index is 0.0740. The van der Waals surface area contributed by atoms with Crippen LogP contribution in [0.1, 0.15) is 11.1 Å². The number of amides is 2. The van der Waals surface area contributed by atoms with Gasteiger partial charge in [-0.3, -0.25) is 19.8 Å². The molecule has 2 amide bonds. The summed E-state index contributed by atoms with van der Waals surface area (Å²) in [5.41, 5.74) is 1.92. The molecule has 0 saturated carbocycles. The van der Waals surface area contributed by atoms with Gasteiger partial charge in [0, 0.05) is 6.54 Å². The second kappa shape index (κ2) is 6.37. The molecule has 0 atom stereocenters. The lowest BCUT2D eigenvalue weighted by Crippen LogP contribution is -2.53. The first-order chi connectivity index (χ1) is 11.5. The van der Waals surface area contributed by atoms with Crippen molar-refractivity contribution in [2.75, 3.05) is 6.54 Å². The lowest BCUT2D eigenvalue weighted by atomic mass is 9.97. The third-order valence-corrected chi connectivity index (χ3v) is 4.30. The summed E-state index contributed by atoms with van der Waals surface area (Å²) in [5, 5.41) is 4.72. The molecular weight excluding hydrogens is 320 g/mol. The second-order valence-electron chi connectivity index (χ2n) is 5.54. The summed E-state index contributed by atoms with van der Waals surface area (Å²) in [6.07, 6.45) is 3.22. The van der Waals surface area contributed by atoms with Gasteiger partial charge in [0.05, 0.1) is 0 Å². The van der Waals surface area contributed by atoms with Gasteiger partial charge in [-0.25, -0.2) is 0 Å². The number of benzene rings is 2. The van der Waals surface area contributed by atoms with Crippen LogP contribution in [0, 0.1) is 6.92 Å². The van der Waals surface area contributed by atoms with Gasteiger partial charge in [0.15, 0.2) is 5.11 Å². The van der Waals surface area contributed by atoms with Crippen LogP contribution in [0.15, 0.2) is 54.6 Å². The van der Waals surface area contributed by atoms with Crippen LogP contribution in [-0.2, 0) is 9.59 Å². The molecule has 1 aliphatic rings. The Labute approximate surface area is 145 Å². The first kappa shape index (κ1) is 16.1. The fourth-order valence-electron chi connectivity index (χ4n) is 2.73. The zero-order valence-electron chi connectivity index (χ0n) is 13.2. The number of carbonyl (C=O) groups is 2. The molecule has 0 bridgehead atoms. The highest BCUT2D eigenvalue weighted by molar-refractivity contribution is 7.80. The Bertz CT molecular complexity index is 915. The van der Waals surface area contributed by atoms with Gasteiger partial charge < -0.3 is 0 Å². The van der Waals surface area contributed by atoms with Gasteiger partial charge >= 0.3 is 0 Å². The molecule has 5 heteroatoms. The Morgan fingerprint density at radius 1 is 1.21 bits per heavy atom. The van der Waals surface area contributed by atoms with Gasteiger partial charge in [0.25, 0.3) is 11.8 Å². The van der Waals surface area contributed by atoms with Crippen molar-refractivity contribution < 1.29 is 9.59 Å². The van der Waals surface area contributed by atoms with E-state index in [4.69, 9.17) is 12.2 Å². The van der Waals surface area contributed by atoms with Gasteiger partial charge in [-0.1, -0.05) is 42.5 Å². The van der Waals surface area contributed by atoms with Crippen molar-refractivity contribution in [3.05, 3.63) is 65.8 Å². The summed E-state index contributed by atoms with van der Waals surface area (Å²) >= 11 is 5.07.